The van der Waals surface area contributed by atoms with Crippen LogP contribution in [0.3, 0.4) is 0 Å². The Balaban J connectivity index is 2.80. The molecule has 0 fully saturated rings. The molecule has 0 radical (unpaired) electrons. The Kier molecular flexibility index (Phi) is 2.05. The van der Waals surface area contributed by atoms with E-state index in [1.807, 2.05) is 6.08 Å². The van der Waals surface area contributed by atoms with E-state index >= 15 is 0 Å². The second-order valence-corrected chi connectivity index (χ2v) is 2.82. The summed E-state index contributed by atoms with van der Waals surface area (Å²) < 4.78 is 0. The summed E-state index contributed by atoms with van der Waals surface area (Å²) in [5.74, 6) is 0.255. The van der Waals surface area contributed by atoms with Crippen LogP contribution >= 0.6 is 0 Å². The Hall–Kier alpha value is -0.850. The number of carbonyl (C=O) groups excluding carboxylic acids is 1. The molecule has 54 valence electrons. The maximum Gasteiger partial charge on any atom is 0.156 e. The first kappa shape index (κ1) is 7.26. The third kappa shape index (κ3) is 1.56. The molecule has 0 saturated carbocycles. The highest BCUT2D eigenvalue weighted by Gasteiger charge is 2.05. The van der Waals surface area contributed by atoms with Gasteiger partial charge >= 0.3 is 0 Å². The van der Waals surface area contributed by atoms with E-state index in [0.29, 0.717) is 6.42 Å². The molecule has 0 aromatic carbocycles. The van der Waals surface area contributed by atoms with Crippen molar-refractivity contribution in [1.82, 2.24) is 0 Å². The Morgan fingerprint density at radius 3 is 2.40 bits per heavy atom. The van der Waals surface area contributed by atoms with Gasteiger partial charge in [0.05, 0.1) is 0 Å². The molecule has 1 aliphatic carbocycles. The predicted molar refractivity (Wildman–Crippen MR) is 41.8 cm³/mol. The van der Waals surface area contributed by atoms with Gasteiger partial charge in [-0.05, 0) is 31.9 Å². The van der Waals surface area contributed by atoms with Crippen LogP contribution in [0.5, 0.6) is 0 Å². The number of rotatable bonds is 0. The molecule has 0 spiro atoms. The molecule has 0 N–H and O–H groups in total. The van der Waals surface area contributed by atoms with Gasteiger partial charge in [0.1, 0.15) is 0 Å². The second-order valence-electron chi connectivity index (χ2n) is 2.82. The van der Waals surface area contributed by atoms with Gasteiger partial charge in [-0.1, -0.05) is 11.6 Å². The molecular weight excluding hydrogens is 124 g/mol. The maximum atomic E-state index is 10.7. The van der Waals surface area contributed by atoms with E-state index in [1.165, 1.54) is 11.1 Å². The van der Waals surface area contributed by atoms with E-state index in [4.69, 9.17) is 0 Å². The number of carbonyl (C=O) groups is 1. The van der Waals surface area contributed by atoms with Gasteiger partial charge in [-0.2, -0.15) is 0 Å². The van der Waals surface area contributed by atoms with E-state index in [2.05, 4.69) is 13.8 Å². The molecule has 1 nitrogen and oxygen atoms in total. The fourth-order valence-electron chi connectivity index (χ4n) is 1.03. The first-order chi connectivity index (χ1) is 4.70. The van der Waals surface area contributed by atoms with E-state index in [9.17, 15) is 4.79 Å². The van der Waals surface area contributed by atoms with Crippen LogP contribution in [0.15, 0.2) is 23.3 Å². The van der Waals surface area contributed by atoms with Gasteiger partial charge in [0, 0.05) is 6.42 Å². The predicted octanol–water partition coefficient (Wildman–Crippen LogP) is 2.24. The zero-order valence-corrected chi connectivity index (χ0v) is 6.48. The molecule has 0 aromatic rings. The van der Waals surface area contributed by atoms with Crippen LogP contribution in [0, 0.1) is 0 Å². The summed E-state index contributed by atoms with van der Waals surface area (Å²) in [4.78, 5) is 10.7. The smallest absolute Gasteiger partial charge is 0.156 e. The number of hydrogen-bond donors (Lipinski definition) is 0. The van der Waals surface area contributed by atoms with Crippen LogP contribution in [-0.2, 0) is 4.79 Å². The molecule has 0 aromatic heterocycles. The minimum absolute atomic E-state index is 0.255. The summed E-state index contributed by atoms with van der Waals surface area (Å²) in [5.41, 5.74) is 2.64. The van der Waals surface area contributed by atoms with Gasteiger partial charge in [-0.3, -0.25) is 4.79 Å². The summed E-state index contributed by atoms with van der Waals surface area (Å²) in [6, 6.07) is 0. The van der Waals surface area contributed by atoms with E-state index in [0.717, 1.165) is 6.42 Å². The fourth-order valence-corrected chi connectivity index (χ4v) is 1.03. The monoisotopic (exact) mass is 136 g/mol. The van der Waals surface area contributed by atoms with Gasteiger partial charge in [0.15, 0.2) is 5.78 Å². The molecule has 0 heterocycles. The fraction of sp³-hybridized carbons (Fsp3) is 0.444. The lowest BCUT2D eigenvalue weighted by Gasteiger charge is -2.07. The standard InChI is InChI=1S/C9H12O/c1-7(2)8-3-5-9(10)6-4-8/h3,5H,4,6H2,1-2H3. The highest BCUT2D eigenvalue weighted by molar-refractivity contribution is 5.91. The Labute approximate surface area is 61.4 Å². The lowest BCUT2D eigenvalue weighted by atomic mass is 9.98. The zero-order valence-electron chi connectivity index (χ0n) is 6.48. The van der Waals surface area contributed by atoms with Crippen LogP contribution in [0.4, 0.5) is 0 Å². The van der Waals surface area contributed by atoms with Crippen molar-refractivity contribution in [1.29, 1.82) is 0 Å². The SMILES string of the molecule is CC(C)=C1C=CC(=O)CC1. The van der Waals surface area contributed by atoms with Crippen LogP contribution in [-0.4, -0.2) is 5.78 Å². The van der Waals surface area contributed by atoms with Gasteiger partial charge in [0.25, 0.3) is 0 Å². The average molecular weight is 136 g/mol. The number of hydrogen-bond acceptors (Lipinski definition) is 1. The average Bonchev–Trinajstić information content (AvgIpc) is 1.88. The van der Waals surface area contributed by atoms with Gasteiger partial charge in [-0.25, -0.2) is 0 Å². The van der Waals surface area contributed by atoms with Gasteiger partial charge in [0.2, 0.25) is 0 Å². The van der Waals surface area contributed by atoms with Crippen molar-refractivity contribution in [3.63, 3.8) is 0 Å². The van der Waals surface area contributed by atoms with Crippen LogP contribution < -0.4 is 0 Å². The maximum absolute atomic E-state index is 10.7. The minimum Gasteiger partial charge on any atom is -0.295 e. The third-order valence-electron chi connectivity index (χ3n) is 1.75. The Bertz CT molecular complexity index is 205. The molecule has 1 rings (SSSR count). The van der Waals surface area contributed by atoms with Crippen molar-refractivity contribution in [2.75, 3.05) is 0 Å². The summed E-state index contributed by atoms with van der Waals surface area (Å²) in [5, 5.41) is 0. The molecule has 0 atom stereocenters. The Morgan fingerprint density at radius 2 is 2.00 bits per heavy atom. The van der Waals surface area contributed by atoms with Crippen LogP contribution in [0.1, 0.15) is 26.7 Å². The van der Waals surface area contributed by atoms with Crippen LogP contribution in [0.25, 0.3) is 0 Å². The first-order valence-electron chi connectivity index (χ1n) is 3.57. The summed E-state index contributed by atoms with van der Waals surface area (Å²) >= 11 is 0. The van der Waals surface area contributed by atoms with Gasteiger partial charge in [-0.15, -0.1) is 0 Å². The zero-order chi connectivity index (χ0) is 7.56. The lowest BCUT2D eigenvalue weighted by molar-refractivity contribution is -0.114. The molecule has 0 bridgehead atoms. The molecular formula is C9H12O. The number of allylic oxidation sites excluding steroid dienone is 4. The minimum atomic E-state index is 0.255. The Morgan fingerprint density at radius 1 is 1.30 bits per heavy atom. The van der Waals surface area contributed by atoms with Crippen molar-refractivity contribution >= 4 is 5.78 Å². The molecule has 0 unspecified atom stereocenters. The van der Waals surface area contributed by atoms with Crippen molar-refractivity contribution in [2.45, 2.75) is 26.7 Å². The van der Waals surface area contributed by atoms with E-state index < -0.39 is 0 Å². The molecule has 0 amide bonds. The molecule has 0 aliphatic heterocycles. The molecule has 0 saturated heterocycles. The topological polar surface area (TPSA) is 17.1 Å². The first-order valence-corrected chi connectivity index (χ1v) is 3.57. The largest absolute Gasteiger partial charge is 0.295 e. The lowest BCUT2D eigenvalue weighted by Crippen LogP contribution is -1.99. The summed E-state index contributed by atoms with van der Waals surface area (Å²) in [6.07, 6.45) is 5.22. The summed E-state index contributed by atoms with van der Waals surface area (Å²) in [6.45, 7) is 4.16. The molecule has 1 aliphatic rings. The summed E-state index contributed by atoms with van der Waals surface area (Å²) in [7, 11) is 0. The quantitative estimate of drug-likeness (QED) is 0.499. The van der Waals surface area contributed by atoms with Crippen molar-refractivity contribution in [2.24, 2.45) is 0 Å². The van der Waals surface area contributed by atoms with Crippen molar-refractivity contribution < 1.29 is 4.79 Å². The van der Waals surface area contributed by atoms with Crippen molar-refractivity contribution in [3.8, 4) is 0 Å². The van der Waals surface area contributed by atoms with Crippen molar-refractivity contribution in [3.05, 3.63) is 23.3 Å². The van der Waals surface area contributed by atoms with Gasteiger partial charge < -0.3 is 0 Å². The third-order valence-corrected chi connectivity index (χ3v) is 1.75. The van der Waals surface area contributed by atoms with E-state index in [1.54, 1.807) is 6.08 Å². The van der Waals surface area contributed by atoms with Crippen LogP contribution in [0.2, 0.25) is 0 Å². The highest BCUT2D eigenvalue weighted by atomic mass is 16.1. The number of ketones is 1. The van der Waals surface area contributed by atoms with E-state index in [-0.39, 0.29) is 5.78 Å². The molecule has 1 heteroatoms. The molecule has 10 heavy (non-hydrogen) atoms. The normalized spacial score (nSPS) is 17.8. The second kappa shape index (κ2) is 2.82. The highest BCUT2D eigenvalue weighted by Crippen LogP contribution is 2.16.